The molecule has 1 amide bonds. The summed E-state index contributed by atoms with van der Waals surface area (Å²) < 4.78 is 10.9. The average molecular weight is 256 g/mol. The van der Waals surface area contributed by atoms with Crippen molar-refractivity contribution < 1.29 is 9.00 Å². The van der Waals surface area contributed by atoms with Crippen molar-refractivity contribution in [1.82, 2.24) is 10.3 Å². The average Bonchev–Trinajstić information content (AvgIpc) is 2.26. The van der Waals surface area contributed by atoms with E-state index in [2.05, 4.69) is 10.3 Å². The third-order valence-electron chi connectivity index (χ3n) is 2.28. The zero-order valence-electron chi connectivity index (χ0n) is 9.86. The number of hydrogen-bond acceptors (Lipinski definition) is 3. The van der Waals surface area contributed by atoms with Crippen molar-refractivity contribution in [3.05, 3.63) is 34.2 Å². The van der Waals surface area contributed by atoms with Crippen molar-refractivity contribution in [2.75, 3.05) is 12.0 Å². The minimum absolute atomic E-state index is 0.0944. The normalized spacial score (nSPS) is 14.0. The van der Waals surface area contributed by atoms with Gasteiger partial charge in [0.05, 0.1) is 0 Å². The largest absolute Gasteiger partial charge is 0.367 e. The van der Waals surface area contributed by atoms with Crippen molar-refractivity contribution in [1.29, 1.82) is 0 Å². The van der Waals surface area contributed by atoms with Crippen molar-refractivity contribution in [2.45, 2.75) is 19.4 Å². The van der Waals surface area contributed by atoms with Crippen LogP contribution < -0.4 is 10.7 Å². The summed E-state index contributed by atoms with van der Waals surface area (Å²) in [5.74, 6) is 0.133. The molecule has 0 aromatic carbocycles. The van der Waals surface area contributed by atoms with E-state index >= 15 is 0 Å². The van der Waals surface area contributed by atoms with Gasteiger partial charge in [0.2, 0.25) is 0 Å². The van der Waals surface area contributed by atoms with Crippen molar-refractivity contribution in [2.24, 2.45) is 0 Å². The lowest BCUT2D eigenvalue weighted by atomic mass is 10.2. The van der Waals surface area contributed by atoms with Gasteiger partial charge in [-0.1, -0.05) is 0 Å². The Morgan fingerprint density at radius 3 is 2.88 bits per heavy atom. The summed E-state index contributed by atoms with van der Waals surface area (Å²) in [6.07, 6.45) is 5.10. The van der Waals surface area contributed by atoms with Crippen molar-refractivity contribution >= 4 is 16.7 Å². The quantitative estimate of drug-likeness (QED) is 0.793. The fourth-order valence-electron chi connectivity index (χ4n) is 1.31. The first kappa shape index (κ1) is 13.6. The number of rotatable bonds is 5. The number of aromatic nitrogens is 1. The summed E-state index contributed by atoms with van der Waals surface area (Å²) in [5, 5.41) is 2.70. The van der Waals surface area contributed by atoms with Gasteiger partial charge < -0.3 is 10.3 Å². The van der Waals surface area contributed by atoms with Crippen LogP contribution >= 0.6 is 0 Å². The monoisotopic (exact) mass is 256 g/mol. The van der Waals surface area contributed by atoms with Gasteiger partial charge in [0, 0.05) is 47.3 Å². The number of pyridine rings is 1. The van der Waals surface area contributed by atoms with Gasteiger partial charge in [0.1, 0.15) is 5.56 Å². The highest BCUT2D eigenvalue weighted by atomic mass is 32.2. The molecule has 0 saturated heterocycles. The molecule has 94 valence electrons. The molecule has 6 heteroatoms. The molecule has 0 fully saturated rings. The van der Waals surface area contributed by atoms with Crippen LogP contribution in [0.25, 0.3) is 0 Å². The molecular formula is C11H16N2O3S. The Morgan fingerprint density at radius 1 is 1.59 bits per heavy atom. The van der Waals surface area contributed by atoms with Crippen LogP contribution in [0.1, 0.15) is 23.7 Å². The van der Waals surface area contributed by atoms with Gasteiger partial charge >= 0.3 is 0 Å². The molecule has 5 nitrogen and oxygen atoms in total. The van der Waals surface area contributed by atoms with Gasteiger partial charge in [-0.3, -0.25) is 13.8 Å². The predicted octanol–water partition coefficient (Wildman–Crippen LogP) is 0.262. The summed E-state index contributed by atoms with van der Waals surface area (Å²) in [4.78, 5) is 25.8. The van der Waals surface area contributed by atoms with E-state index in [-0.39, 0.29) is 17.0 Å². The number of carbonyl (C=O) groups is 1. The maximum absolute atomic E-state index is 11.7. The lowest BCUT2D eigenvalue weighted by Gasteiger charge is -2.12. The zero-order chi connectivity index (χ0) is 12.8. The fraction of sp³-hybridized carbons (Fsp3) is 0.455. The number of carbonyl (C=O) groups excluding carboxylic acids is 1. The maximum Gasteiger partial charge on any atom is 0.256 e. The Bertz CT molecular complexity index is 470. The van der Waals surface area contributed by atoms with E-state index < -0.39 is 16.7 Å². The first-order chi connectivity index (χ1) is 8.00. The van der Waals surface area contributed by atoms with E-state index in [0.717, 1.165) is 0 Å². The molecule has 0 spiro atoms. The van der Waals surface area contributed by atoms with Crippen LogP contribution in [0.5, 0.6) is 0 Å². The Hall–Kier alpha value is -1.43. The van der Waals surface area contributed by atoms with Crippen molar-refractivity contribution in [3.8, 4) is 0 Å². The molecule has 0 bridgehead atoms. The molecule has 0 aliphatic carbocycles. The predicted molar refractivity (Wildman–Crippen MR) is 67.5 cm³/mol. The third kappa shape index (κ3) is 4.52. The number of nitrogens with one attached hydrogen (secondary N) is 2. The second-order valence-corrected chi connectivity index (χ2v) is 5.42. The zero-order valence-corrected chi connectivity index (χ0v) is 10.7. The van der Waals surface area contributed by atoms with Gasteiger partial charge in [0.25, 0.3) is 5.91 Å². The molecule has 1 heterocycles. The Kier molecular flexibility index (Phi) is 5.09. The van der Waals surface area contributed by atoms with Gasteiger partial charge in [0.15, 0.2) is 5.43 Å². The first-order valence-electron chi connectivity index (χ1n) is 5.28. The second-order valence-electron chi connectivity index (χ2n) is 3.86. The fourth-order valence-corrected chi connectivity index (χ4v) is 2.00. The number of aromatic amines is 1. The molecule has 1 aromatic heterocycles. The van der Waals surface area contributed by atoms with Crippen LogP contribution in [0.15, 0.2) is 23.3 Å². The highest BCUT2D eigenvalue weighted by molar-refractivity contribution is 7.84. The van der Waals surface area contributed by atoms with E-state index in [0.29, 0.717) is 12.2 Å². The third-order valence-corrected chi connectivity index (χ3v) is 3.10. The number of amides is 1. The van der Waals surface area contributed by atoms with Gasteiger partial charge in [-0.25, -0.2) is 0 Å². The lowest BCUT2D eigenvalue weighted by Crippen LogP contribution is -2.36. The van der Waals surface area contributed by atoms with Gasteiger partial charge in [-0.15, -0.1) is 0 Å². The Balaban J connectivity index is 2.58. The Labute approximate surface area is 102 Å². The van der Waals surface area contributed by atoms with Crippen LogP contribution in [0.4, 0.5) is 0 Å². The second kappa shape index (κ2) is 6.34. The van der Waals surface area contributed by atoms with E-state index in [1.165, 1.54) is 18.5 Å². The molecule has 0 aliphatic heterocycles. The maximum atomic E-state index is 11.7. The van der Waals surface area contributed by atoms with E-state index in [4.69, 9.17) is 0 Å². The first-order valence-corrected chi connectivity index (χ1v) is 7.01. The summed E-state index contributed by atoms with van der Waals surface area (Å²) in [7, 11) is -0.869. The number of H-pyrrole nitrogens is 1. The topological polar surface area (TPSA) is 79.0 Å². The highest BCUT2D eigenvalue weighted by Crippen LogP contribution is 1.95. The molecule has 2 atom stereocenters. The molecule has 17 heavy (non-hydrogen) atoms. The van der Waals surface area contributed by atoms with Crippen LogP contribution in [-0.4, -0.2) is 33.2 Å². The van der Waals surface area contributed by atoms with Crippen LogP contribution in [0.3, 0.4) is 0 Å². The molecule has 2 unspecified atom stereocenters. The molecular weight excluding hydrogens is 240 g/mol. The SMILES string of the molecule is CC(CCS(C)=O)NC(=O)c1c[nH]ccc1=O. The minimum atomic E-state index is -0.869. The minimum Gasteiger partial charge on any atom is -0.367 e. The number of hydrogen-bond donors (Lipinski definition) is 2. The van der Waals surface area contributed by atoms with Crippen LogP contribution in [-0.2, 0) is 10.8 Å². The van der Waals surface area contributed by atoms with E-state index in [1.807, 2.05) is 6.92 Å². The van der Waals surface area contributed by atoms with Gasteiger partial charge in [-0.05, 0) is 13.3 Å². The molecule has 2 N–H and O–H groups in total. The van der Waals surface area contributed by atoms with E-state index in [9.17, 15) is 13.8 Å². The summed E-state index contributed by atoms with van der Waals surface area (Å²) in [6.45, 7) is 1.82. The lowest BCUT2D eigenvalue weighted by molar-refractivity contribution is 0.0938. The highest BCUT2D eigenvalue weighted by Gasteiger charge is 2.12. The van der Waals surface area contributed by atoms with Crippen LogP contribution in [0, 0.1) is 0 Å². The van der Waals surface area contributed by atoms with E-state index in [1.54, 1.807) is 6.26 Å². The van der Waals surface area contributed by atoms with Gasteiger partial charge in [-0.2, -0.15) is 0 Å². The molecule has 0 radical (unpaired) electrons. The molecule has 1 rings (SSSR count). The molecule has 1 aromatic rings. The summed E-state index contributed by atoms with van der Waals surface area (Å²) >= 11 is 0. The van der Waals surface area contributed by atoms with Crippen LogP contribution in [0.2, 0.25) is 0 Å². The molecule has 0 aliphatic rings. The standard InChI is InChI=1S/C11H16N2O3S/c1-8(4-6-17(2)16)13-11(15)9-7-12-5-3-10(9)14/h3,5,7-8H,4,6H2,1-2H3,(H,12,14)(H,13,15). The molecule has 0 saturated carbocycles. The Morgan fingerprint density at radius 2 is 2.29 bits per heavy atom. The summed E-state index contributed by atoms with van der Waals surface area (Å²) in [6, 6.07) is 1.20. The van der Waals surface area contributed by atoms with Crippen molar-refractivity contribution in [3.63, 3.8) is 0 Å². The summed E-state index contributed by atoms with van der Waals surface area (Å²) in [5.41, 5.74) is -0.218. The smallest absolute Gasteiger partial charge is 0.256 e.